The van der Waals surface area contributed by atoms with Gasteiger partial charge >= 0.3 is 6.09 Å². The third kappa shape index (κ3) is 9.12. The van der Waals surface area contributed by atoms with E-state index in [2.05, 4.69) is 67.7 Å². The lowest BCUT2D eigenvalue weighted by molar-refractivity contribution is 0.160. The second-order valence-electron chi connectivity index (χ2n) is 14.1. The Kier molecular flexibility index (Phi) is 11.3. The number of benzene rings is 2. The minimum absolute atomic E-state index is 0.00125. The molecule has 0 aliphatic heterocycles. The van der Waals surface area contributed by atoms with Gasteiger partial charge in [-0.3, -0.25) is 8.51 Å². The van der Waals surface area contributed by atoms with Gasteiger partial charge in [-0.05, 0) is 78.4 Å². The predicted octanol–water partition coefficient (Wildman–Crippen LogP) is 8.98. The molecule has 0 spiro atoms. The van der Waals surface area contributed by atoms with Crippen LogP contribution in [0.2, 0.25) is 36.3 Å². The first kappa shape index (κ1) is 36.6. The molecule has 0 radical (unpaired) electrons. The number of hydrogen-bond donors (Lipinski definition) is 1. The number of nitrogens with zero attached hydrogens (tertiary/aromatic N) is 1. The van der Waals surface area contributed by atoms with Crippen LogP contribution in [0.25, 0.3) is 11.1 Å². The molecule has 13 heteroatoms. The summed E-state index contributed by atoms with van der Waals surface area (Å²) >= 11 is -1.36. The molecule has 0 saturated heterocycles. The summed E-state index contributed by atoms with van der Waals surface area (Å²) in [5.74, 6) is 2.47. The fourth-order valence-electron chi connectivity index (χ4n) is 3.81. The molecule has 1 unspecified atom stereocenters. The van der Waals surface area contributed by atoms with Crippen LogP contribution in [0.4, 0.5) is 9.80 Å². The maximum atomic E-state index is 12.2. The molecule has 1 aromatic heterocycles. The number of carbonyl (C=O) groups excluding carboxylic acids is 1. The summed E-state index contributed by atoms with van der Waals surface area (Å²) in [6.45, 7) is 23.7. The fraction of sp³-hybridized carbons (Fsp3) is 0.469. The molecular weight excluding hydrogens is 645 g/mol. The molecule has 0 aliphatic rings. The van der Waals surface area contributed by atoms with Crippen LogP contribution < -0.4 is 23.6 Å². The first-order chi connectivity index (χ1) is 20.6. The third-order valence-corrected chi connectivity index (χ3v) is 19.0. The Bertz CT molecular complexity index is 1530. The lowest BCUT2D eigenvalue weighted by Gasteiger charge is -2.39. The van der Waals surface area contributed by atoms with Gasteiger partial charge < -0.3 is 28.6 Å². The van der Waals surface area contributed by atoms with Crippen LogP contribution in [0, 0.1) is 6.92 Å². The molecule has 1 atom stereocenters. The van der Waals surface area contributed by atoms with Crippen molar-refractivity contribution in [1.29, 1.82) is 0 Å². The molecule has 248 valence electrons. The lowest BCUT2D eigenvalue weighted by atomic mass is 10.0. The van der Waals surface area contributed by atoms with Gasteiger partial charge in [0.25, 0.3) is 16.6 Å². The molecule has 3 aromatic rings. The average Bonchev–Trinajstić information content (AvgIpc) is 3.35. The second-order valence-corrected chi connectivity index (χ2v) is 25.3. The molecule has 1 amide bonds. The minimum atomic E-state index is -2.62. The predicted molar refractivity (Wildman–Crippen MR) is 188 cm³/mol. The topological polar surface area (TPSA) is 123 Å². The van der Waals surface area contributed by atoms with Gasteiger partial charge in [0.2, 0.25) is 0 Å². The number of carbonyl (C=O) groups is 1. The smallest absolute Gasteiger partial charge is 0.404 e. The van der Waals surface area contributed by atoms with E-state index in [9.17, 15) is 13.6 Å². The Hall–Kier alpha value is -2.85. The molecule has 2 aromatic carbocycles. The van der Waals surface area contributed by atoms with Gasteiger partial charge in [-0.15, -0.1) is 11.3 Å². The molecule has 0 fully saturated rings. The van der Waals surface area contributed by atoms with Crippen LogP contribution >= 0.6 is 11.3 Å². The highest BCUT2D eigenvalue weighted by atomic mass is 32.2. The highest BCUT2D eigenvalue weighted by Crippen LogP contribution is 2.47. The normalized spacial score (nSPS) is 13.2. The molecule has 45 heavy (non-hydrogen) atoms. The zero-order valence-electron chi connectivity index (χ0n) is 28.2. The van der Waals surface area contributed by atoms with E-state index in [0.717, 1.165) is 9.87 Å². The highest BCUT2D eigenvalue weighted by Gasteiger charge is 2.42. The Balaban J connectivity index is 2.08. The van der Waals surface area contributed by atoms with E-state index in [1.54, 1.807) is 5.38 Å². The van der Waals surface area contributed by atoms with E-state index >= 15 is 0 Å². The first-order valence-corrected chi connectivity index (χ1v) is 22.5. The zero-order chi connectivity index (χ0) is 34.0. The van der Waals surface area contributed by atoms with Crippen molar-refractivity contribution in [1.82, 2.24) is 0 Å². The largest absolute Gasteiger partial charge is 0.755 e. The monoisotopic (exact) mass is 691 g/mol. The SMILES string of the molecule is Cc1ccc(-c2ccsc2N(CCOC(N)=O)S(=O)[O-])c(Oc2ccc(O[Si](C)(C)C(C)(C)C)c(O[Si](C)(C)C(C)(C)C)c2)c1. The second kappa shape index (κ2) is 13.9. The Morgan fingerprint density at radius 2 is 1.49 bits per heavy atom. The minimum Gasteiger partial charge on any atom is -0.755 e. The van der Waals surface area contributed by atoms with E-state index in [0.29, 0.717) is 39.1 Å². The molecule has 9 nitrogen and oxygen atoms in total. The Labute approximate surface area is 276 Å². The van der Waals surface area contributed by atoms with Crippen molar-refractivity contribution in [3.63, 3.8) is 0 Å². The van der Waals surface area contributed by atoms with Crippen LogP contribution in [-0.4, -0.2) is 44.6 Å². The molecular formula is C32H47N2O7S2Si2-. The summed E-state index contributed by atoms with van der Waals surface area (Å²) < 4.78 is 50.5. The van der Waals surface area contributed by atoms with Crippen molar-refractivity contribution in [3.8, 4) is 34.1 Å². The number of anilines is 1. The molecule has 0 bridgehead atoms. The summed E-state index contributed by atoms with van der Waals surface area (Å²) in [4.78, 5) is 11.1. The van der Waals surface area contributed by atoms with Crippen molar-refractivity contribution in [2.45, 2.75) is 84.7 Å². The van der Waals surface area contributed by atoms with Gasteiger partial charge in [-0.2, -0.15) is 0 Å². The molecule has 1 heterocycles. The van der Waals surface area contributed by atoms with E-state index < -0.39 is 34.0 Å². The summed E-state index contributed by atoms with van der Waals surface area (Å²) in [6.07, 6.45) is -0.968. The van der Waals surface area contributed by atoms with Crippen LogP contribution in [0.5, 0.6) is 23.0 Å². The number of hydrogen-bond acceptors (Lipinski definition) is 8. The summed E-state index contributed by atoms with van der Waals surface area (Å²) in [5.41, 5.74) is 7.40. The summed E-state index contributed by atoms with van der Waals surface area (Å²) in [7, 11) is -4.43. The molecule has 2 N–H and O–H groups in total. The van der Waals surface area contributed by atoms with Gasteiger partial charge in [-0.25, -0.2) is 4.79 Å². The molecule has 0 saturated carbocycles. The Morgan fingerprint density at radius 3 is 2.04 bits per heavy atom. The number of ether oxygens (including phenoxy) is 2. The number of primary amides is 1. The van der Waals surface area contributed by atoms with Crippen molar-refractivity contribution in [2.24, 2.45) is 5.73 Å². The van der Waals surface area contributed by atoms with E-state index in [1.165, 1.54) is 11.3 Å². The number of amides is 1. The fourth-order valence-corrected chi connectivity index (χ4v) is 7.46. The lowest BCUT2D eigenvalue weighted by Crippen LogP contribution is -2.45. The van der Waals surface area contributed by atoms with Crippen molar-refractivity contribution in [3.05, 3.63) is 53.4 Å². The number of rotatable bonds is 12. The van der Waals surface area contributed by atoms with Crippen LogP contribution in [0.3, 0.4) is 0 Å². The Morgan fingerprint density at radius 1 is 0.889 bits per heavy atom. The van der Waals surface area contributed by atoms with Crippen LogP contribution in [-0.2, 0) is 16.0 Å². The van der Waals surface area contributed by atoms with E-state index in [4.69, 9.17) is 24.1 Å². The quantitative estimate of drug-likeness (QED) is 0.149. The highest BCUT2D eigenvalue weighted by molar-refractivity contribution is 7.81. The van der Waals surface area contributed by atoms with Gasteiger partial charge in [-0.1, -0.05) is 53.7 Å². The van der Waals surface area contributed by atoms with E-state index in [1.807, 2.05) is 49.4 Å². The zero-order valence-corrected chi connectivity index (χ0v) is 31.9. The maximum absolute atomic E-state index is 12.2. The maximum Gasteiger partial charge on any atom is 0.404 e. The standard InChI is InChI=1S/C32H48N2O7S2Si2/c1-22-12-14-24(25-16-19-42-29(25)34(43(36)37)17-18-38-30(33)35)27(20-22)39-23-13-15-26(40-44(8,9)31(2,3)4)28(21-23)41-45(10,11)32(5,6)7/h12-16,19-21H,17-18H2,1-11H3,(H2,33,35)(H,36,37)/p-1. The van der Waals surface area contributed by atoms with Crippen LogP contribution in [0.1, 0.15) is 47.1 Å². The van der Waals surface area contributed by atoms with Gasteiger partial charge in [0.05, 0.1) is 6.54 Å². The van der Waals surface area contributed by atoms with Crippen LogP contribution in [0.15, 0.2) is 47.8 Å². The molecule has 3 rings (SSSR count). The molecule has 0 aliphatic carbocycles. The van der Waals surface area contributed by atoms with Crippen molar-refractivity contribution in [2.75, 3.05) is 17.5 Å². The average molecular weight is 692 g/mol. The number of aryl methyl sites for hydroxylation is 1. The summed E-state index contributed by atoms with van der Waals surface area (Å²) in [6, 6.07) is 13.3. The number of nitrogens with two attached hydrogens (primary N) is 1. The summed E-state index contributed by atoms with van der Waals surface area (Å²) in [5, 5.41) is 2.23. The van der Waals surface area contributed by atoms with E-state index in [-0.39, 0.29) is 23.2 Å². The van der Waals surface area contributed by atoms with Gasteiger partial charge in [0.15, 0.2) is 0 Å². The van der Waals surface area contributed by atoms with Crippen molar-refractivity contribution < 1.29 is 31.9 Å². The number of thiophene rings is 1. The first-order valence-electron chi connectivity index (χ1n) is 14.8. The van der Waals surface area contributed by atoms with Gasteiger partial charge in [0.1, 0.15) is 34.6 Å². The van der Waals surface area contributed by atoms with Crippen molar-refractivity contribution >= 4 is 50.3 Å². The van der Waals surface area contributed by atoms with Gasteiger partial charge in [0, 0.05) is 28.5 Å². The third-order valence-electron chi connectivity index (χ3n) is 8.50.